The van der Waals surface area contributed by atoms with Gasteiger partial charge in [0.1, 0.15) is 4.90 Å². The van der Waals surface area contributed by atoms with Gasteiger partial charge in [0.05, 0.1) is 9.95 Å². The van der Waals surface area contributed by atoms with Gasteiger partial charge >= 0.3 is 0 Å². The summed E-state index contributed by atoms with van der Waals surface area (Å²) >= 11 is 5.96. The number of piperidine rings is 1. The van der Waals surface area contributed by atoms with Crippen LogP contribution in [0, 0.1) is 10.1 Å². The highest BCUT2D eigenvalue weighted by atomic mass is 35.5. The van der Waals surface area contributed by atoms with E-state index in [1.807, 2.05) is 0 Å². The van der Waals surface area contributed by atoms with E-state index in [0.717, 1.165) is 25.0 Å². The molecule has 2 N–H and O–H groups in total. The van der Waals surface area contributed by atoms with Crippen LogP contribution in [0.2, 0.25) is 5.02 Å². The first kappa shape index (κ1) is 17.1. The van der Waals surface area contributed by atoms with Crippen LogP contribution in [-0.4, -0.2) is 36.3 Å². The summed E-state index contributed by atoms with van der Waals surface area (Å²) in [6.07, 6.45) is 2.38. The van der Waals surface area contributed by atoms with Gasteiger partial charge < -0.3 is 5.73 Å². The van der Waals surface area contributed by atoms with E-state index in [1.54, 1.807) is 6.92 Å². The highest BCUT2D eigenvalue weighted by Gasteiger charge is 2.36. The number of hydrogen-bond acceptors (Lipinski definition) is 5. The van der Waals surface area contributed by atoms with E-state index in [-0.39, 0.29) is 27.7 Å². The Morgan fingerprint density at radius 1 is 1.45 bits per heavy atom. The second-order valence-electron chi connectivity index (χ2n) is 5.41. The molecule has 1 heterocycles. The summed E-state index contributed by atoms with van der Waals surface area (Å²) in [5.74, 6) is 0. The third kappa shape index (κ3) is 3.24. The molecule has 22 heavy (non-hydrogen) atoms. The second-order valence-corrected chi connectivity index (χ2v) is 7.68. The van der Waals surface area contributed by atoms with Crippen molar-refractivity contribution < 1.29 is 13.3 Å². The lowest BCUT2D eigenvalue weighted by Gasteiger charge is -2.37. The highest BCUT2D eigenvalue weighted by molar-refractivity contribution is 7.89. The summed E-state index contributed by atoms with van der Waals surface area (Å²) in [7, 11) is -3.83. The minimum absolute atomic E-state index is 0.118. The molecule has 2 atom stereocenters. The molecule has 122 valence electrons. The Hall–Kier alpha value is -1.22. The molecule has 0 aliphatic carbocycles. The maximum atomic E-state index is 12.8. The summed E-state index contributed by atoms with van der Waals surface area (Å²) in [4.78, 5) is 9.99. The van der Waals surface area contributed by atoms with Crippen molar-refractivity contribution in [3.63, 3.8) is 0 Å². The van der Waals surface area contributed by atoms with Crippen LogP contribution >= 0.6 is 11.6 Å². The quantitative estimate of drug-likeness (QED) is 0.663. The topological polar surface area (TPSA) is 107 Å². The van der Waals surface area contributed by atoms with E-state index in [2.05, 4.69) is 0 Å². The zero-order valence-electron chi connectivity index (χ0n) is 12.1. The molecule has 1 aromatic rings. The Morgan fingerprint density at radius 3 is 2.68 bits per heavy atom. The van der Waals surface area contributed by atoms with Crippen LogP contribution in [0.4, 0.5) is 5.69 Å². The van der Waals surface area contributed by atoms with E-state index >= 15 is 0 Å². The molecule has 7 nitrogen and oxygen atoms in total. The first-order valence-corrected chi connectivity index (χ1v) is 8.78. The predicted octanol–water partition coefficient (Wildman–Crippen LogP) is 2.14. The van der Waals surface area contributed by atoms with Crippen LogP contribution in [0.3, 0.4) is 0 Å². The smallest absolute Gasteiger partial charge is 0.271 e. The predicted molar refractivity (Wildman–Crippen MR) is 83.3 cm³/mol. The van der Waals surface area contributed by atoms with Crippen molar-refractivity contribution in [3.05, 3.63) is 33.3 Å². The minimum Gasteiger partial charge on any atom is -0.326 e. The molecule has 1 aliphatic heterocycles. The number of sulfonamides is 1. The molecule has 0 aromatic heterocycles. The monoisotopic (exact) mass is 347 g/mol. The number of halogens is 1. The number of nitrogens with two attached hydrogens (primary N) is 1. The van der Waals surface area contributed by atoms with E-state index in [9.17, 15) is 18.5 Å². The van der Waals surface area contributed by atoms with Crippen LogP contribution in [0.15, 0.2) is 23.1 Å². The molecule has 2 unspecified atom stereocenters. The number of rotatable bonds is 4. The van der Waals surface area contributed by atoms with E-state index in [4.69, 9.17) is 17.3 Å². The molecule has 9 heteroatoms. The number of non-ortho nitro benzene ring substituents is 1. The third-order valence-electron chi connectivity index (χ3n) is 3.82. The van der Waals surface area contributed by atoms with Crippen molar-refractivity contribution in [3.8, 4) is 0 Å². The Balaban J connectivity index is 2.43. The van der Waals surface area contributed by atoms with Gasteiger partial charge in [0, 0.05) is 30.8 Å². The maximum Gasteiger partial charge on any atom is 0.271 e. The number of nitro groups is 1. The van der Waals surface area contributed by atoms with Gasteiger partial charge in [0.25, 0.3) is 5.69 Å². The number of benzene rings is 1. The summed E-state index contributed by atoms with van der Waals surface area (Å²) in [5.41, 5.74) is 5.66. The largest absolute Gasteiger partial charge is 0.326 e. The normalized spacial score (nSPS) is 21.5. The molecule has 0 radical (unpaired) electrons. The van der Waals surface area contributed by atoms with Crippen LogP contribution in [0.5, 0.6) is 0 Å². The fourth-order valence-electron chi connectivity index (χ4n) is 2.69. The fraction of sp³-hybridized carbons (Fsp3) is 0.538. The van der Waals surface area contributed by atoms with Gasteiger partial charge in [0.15, 0.2) is 0 Å². The van der Waals surface area contributed by atoms with Crippen molar-refractivity contribution in [1.29, 1.82) is 0 Å². The molecule has 0 bridgehead atoms. The third-order valence-corrected chi connectivity index (χ3v) is 6.23. The average molecular weight is 348 g/mol. The van der Waals surface area contributed by atoms with Crippen molar-refractivity contribution in [2.24, 2.45) is 5.73 Å². The number of nitrogens with zero attached hydrogens (tertiary/aromatic N) is 2. The molecule has 1 saturated heterocycles. The first-order chi connectivity index (χ1) is 10.2. The van der Waals surface area contributed by atoms with Crippen molar-refractivity contribution in [2.75, 3.05) is 6.54 Å². The highest BCUT2D eigenvalue weighted by Crippen LogP contribution is 2.32. The average Bonchev–Trinajstić information content (AvgIpc) is 2.46. The van der Waals surface area contributed by atoms with Gasteiger partial charge in [0.2, 0.25) is 10.0 Å². The molecule has 1 aliphatic rings. The maximum absolute atomic E-state index is 12.8. The summed E-state index contributed by atoms with van der Waals surface area (Å²) in [6, 6.07) is 2.79. The Labute approximate surface area is 134 Å². The zero-order valence-corrected chi connectivity index (χ0v) is 13.7. The van der Waals surface area contributed by atoms with Gasteiger partial charge in [-0.1, -0.05) is 18.0 Å². The Bertz CT molecular complexity index is 678. The molecule has 1 fully saturated rings. The lowest BCUT2D eigenvalue weighted by molar-refractivity contribution is -0.384. The standard InChI is InChI=1S/C13H18ClN3O4S/c1-9(15)12-4-2-3-7-16(12)22(20,21)13-6-5-10(17(18)19)8-11(13)14/h5-6,8-9,12H,2-4,7,15H2,1H3. The van der Waals surface area contributed by atoms with Crippen molar-refractivity contribution in [2.45, 2.75) is 43.2 Å². The Morgan fingerprint density at radius 2 is 2.14 bits per heavy atom. The van der Waals surface area contributed by atoms with Gasteiger partial charge in [-0.3, -0.25) is 10.1 Å². The molecular weight excluding hydrogens is 330 g/mol. The van der Waals surface area contributed by atoms with Crippen LogP contribution in [0.1, 0.15) is 26.2 Å². The van der Waals surface area contributed by atoms with E-state index in [0.29, 0.717) is 13.0 Å². The summed E-state index contributed by atoms with van der Waals surface area (Å²) in [6.45, 7) is 2.15. The molecule has 0 saturated carbocycles. The van der Waals surface area contributed by atoms with Gasteiger partial charge in [-0.2, -0.15) is 4.31 Å². The number of hydrogen-bond donors (Lipinski definition) is 1. The van der Waals surface area contributed by atoms with Crippen molar-refractivity contribution in [1.82, 2.24) is 4.31 Å². The molecular formula is C13H18ClN3O4S. The minimum atomic E-state index is -3.83. The van der Waals surface area contributed by atoms with E-state index < -0.39 is 14.9 Å². The molecule has 2 rings (SSSR count). The molecule has 0 spiro atoms. The second kappa shape index (κ2) is 6.49. The van der Waals surface area contributed by atoms with Crippen LogP contribution in [-0.2, 0) is 10.0 Å². The zero-order chi connectivity index (χ0) is 16.5. The fourth-order valence-corrected chi connectivity index (χ4v) is 4.98. The number of nitro benzene ring substituents is 1. The van der Waals surface area contributed by atoms with Gasteiger partial charge in [-0.25, -0.2) is 8.42 Å². The van der Waals surface area contributed by atoms with E-state index in [1.165, 1.54) is 10.4 Å². The van der Waals surface area contributed by atoms with Crippen molar-refractivity contribution >= 4 is 27.3 Å². The van der Waals surface area contributed by atoms with Gasteiger partial charge in [-0.05, 0) is 25.8 Å². The first-order valence-electron chi connectivity index (χ1n) is 6.96. The van der Waals surface area contributed by atoms with Crippen LogP contribution in [0.25, 0.3) is 0 Å². The summed E-state index contributed by atoms with van der Waals surface area (Å²) < 4.78 is 27.0. The molecule has 0 amide bonds. The lowest BCUT2D eigenvalue weighted by Crippen LogP contribution is -2.51. The van der Waals surface area contributed by atoms with Crippen LogP contribution < -0.4 is 5.73 Å². The summed E-state index contributed by atoms with van der Waals surface area (Å²) in [5, 5.41) is 10.6. The SMILES string of the molecule is CC(N)C1CCCCN1S(=O)(=O)c1ccc([N+](=O)[O-])cc1Cl. The lowest BCUT2D eigenvalue weighted by atomic mass is 10.00. The van der Waals surface area contributed by atoms with Gasteiger partial charge in [-0.15, -0.1) is 0 Å². The molecule has 1 aromatic carbocycles. The Kier molecular flexibility index (Phi) is 5.06.